The number of carbonyl (C=O) groups is 4. The van der Waals surface area contributed by atoms with E-state index in [1.807, 2.05) is 0 Å². The molecule has 0 heterocycles. The molecule has 42 heavy (non-hydrogen) atoms. The summed E-state index contributed by atoms with van der Waals surface area (Å²) in [5, 5.41) is 32.9. The van der Waals surface area contributed by atoms with Crippen LogP contribution in [0.3, 0.4) is 0 Å². The molecule has 0 aliphatic heterocycles. The van der Waals surface area contributed by atoms with Crippen molar-refractivity contribution in [2.24, 2.45) is 0 Å². The molecule has 0 aromatic carbocycles. The zero-order valence-electron chi connectivity index (χ0n) is 26.2. The van der Waals surface area contributed by atoms with Gasteiger partial charge in [-0.1, -0.05) is 64.7 Å². The molecule has 2 N–H and O–H groups in total. The Morgan fingerprint density at radius 1 is 0.690 bits per heavy atom. The first-order chi connectivity index (χ1) is 17.9. The molecule has 1 unspecified atom stereocenters. The van der Waals surface area contributed by atoms with E-state index >= 15 is 0 Å². The SMILES string of the molecule is CCCCCCCCCCCCN(CCN(CCNC(=O)CC(C(=O)[O-])S(=O)(=O)O)CC(=O)[O-])CC(=O)[O-].[Na+].[Na+].[Na+].[Na+]. The van der Waals surface area contributed by atoms with Crippen LogP contribution in [0, 0.1) is 0 Å². The summed E-state index contributed by atoms with van der Waals surface area (Å²) in [6.07, 6.45) is 10.3. The largest absolute Gasteiger partial charge is 1.00 e. The van der Waals surface area contributed by atoms with Crippen molar-refractivity contribution < 1.29 is 166 Å². The average molecular weight is 657 g/mol. The number of amides is 1. The Morgan fingerprint density at radius 3 is 1.48 bits per heavy atom. The van der Waals surface area contributed by atoms with Gasteiger partial charge in [-0.25, -0.2) is 0 Å². The Bertz CT molecular complexity index is 841. The van der Waals surface area contributed by atoms with Crippen LogP contribution in [-0.2, 0) is 29.3 Å². The third-order valence-electron chi connectivity index (χ3n) is 6.01. The summed E-state index contributed by atoms with van der Waals surface area (Å²) in [6.45, 7) is 2.06. The maximum absolute atomic E-state index is 11.9. The molecule has 0 saturated heterocycles. The standard InChI is InChI=1S/C24H45N3O10S.4Na/c1-2-3-4-5-6-7-8-9-10-11-13-26(18-22(29)30)15-16-27(19-23(31)32)14-12-25-21(28)17-20(24(33)34)38(35,36)37;;;;/h20H,2-19H2,1H3,(H,25,28)(H,29,30)(H,31,32)(H,33,34)(H,35,36,37);;;;/q;4*+1/p-3. The predicted molar refractivity (Wildman–Crippen MR) is 133 cm³/mol. The van der Waals surface area contributed by atoms with Crippen LogP contribution in [-0.4, -0.2) is 97.6 Å². The number of carboxylic acid groups (broad SMARTS) is 3. The molecule has 0 rings (SSSR count). The van der Waals surface area contributed by atoms with Gasteiger partial charge in [-0.3, -0.25) is 19.1 Å². The molecule has 0 aromatic heterocycles. The maximum Gasteiger partial charge on any atom is 1.00 e. The van der Waals surface area contributed by atoms with Crippen molar-refractivity contribution in [3.8, 4) is 0 Å². The Balaban J connectivity index is -0.00000114. The van der Waals surface area contributed by atoms with Gasteiger partial charge in [-0.05, 0) is 13.0 Å². The van der Waals surface area contributed by atoms with Crippen molar-refractivity contribution in [2.45, 2.75) is 82.8 Å². The molecule has 0 bridgehead atoms. The Kier molecular flexibility index (Phi) is 41.4. The van der Waals surface area contributed by atoms with Crippen LogP contribution in [0.4, 0.5) is 0 Å². The fourth-order valence-corrected chi connectivity index (χ4v) is 4.52. The van der Waals surface area contributed by atoms with Crippen LogP contribution in [0.5, 0.6) is 0 Å². The molecule has 0 saturated carbocycles. The van der Waals surface area contributed by atoms with Gasteiger partial charge in [0.15, 0.2) is 0 Å². The van der Waals surface area contributed by atoms with E-state index < -0.39 is 52.1 Å². The second kappa shape index (κ2) is 32.6. The fourth-order valence-electron chi connectivity index (χ4n) is 3.91. The number of hydrogen-bond donors (Lipinski definition) is 2. The van der Waals surface area contributed by atoms with Gasteiger partial charge < -0.3 is 35.0 Å². The van der Waals surface area contributed by atoms with Crippen molar-refractivity contribution in [1.82, 2.24) is 15.1 Å². The molecular formula is C24H42N3Na4O10S+. The van der Waals surface area contributed by atoms with E-state index in [0.29, 0.717) is 6.54 Å². The molecule has 18 heteroatoms. The maximum atomic E-state index is 11.9. The van der Waals surface area contributed by atoms with Crippen LogP contribution < -0.4 is 139 Å². The zero-order valence-corrected chi connectivity index (χ0v) is 35.0. The number of carboxylic acids is 3. The van der Waals surface area contributed by atoms with E-state index in [1.165, 1.54) is 43.4 Å². The van der Waals surface area contributed by atoms with Gasteiger partial charge in [0.1, 0.15) is 5.25 Å². The molecule has 1 atom stereocenters. The van der Waals surface area contributed by atoms with Gasteiger partial charge >= 0.3 is 118 Å². The molecule has 0 spiro atoms. The number of aliphatic carboxylic acids is 3. The minimum absolute atomic E-state index is 0. The first-order valence-corrected chi connectivity index (χ1v) is 14.6. The monoisotopic (exact) mass is 656 g/mol. The average Bonchev–Trinajstić information content (AvgIpc) is 2.80. The van der Waals surface area contributed by atoms with Gasteiger partial charge in [0.2, 0.25) is 5.91 Å². The number of nitrogens with zero attached hydrogens (tertiary/aromatic N) is 2. The van der Waals surface area contributed by atoms with Crippen molar-refractivity contribution in [3.63, 3.8) is 0 Å². The number of carbonyl (C=O) groups excluding carboxylic acids is 4. The number of hydrogen-bond acceptors (Lipinski definition) is 11. The molecule has 0 aromatic rings. The summed E-state index contributed by atoms with van der Waals surface area (Å²) in [6, 6.07) is 0. The zero-order chi connectivity index (χ0) is 29.0. The van der Waals surface area contributed by atoms with Gasteiger partial charge in [-0.2, -0.15) is 8.42 Å². The van der Waals surface area contributed by atoms with E-state index in [0.717, 1.165) is 25.7 Å². The molecule has 1 amide bonds. The molecule has 0 aliphatic rings. The minimum atomic E-state index is -5.04. The topological polar surface area (TPSA) is 210 Å². The van der Waals surface area contributed by atoms with Crippen molar-refractivity contribution >= 4 is 33.9 Å². The summed E-state index contributed by atoms with van der Waals surface area (Å²) in [5.41, 5.74) is 0. The van der Waals surface area contributed by atoms with Gasteiger partial charge in [0, 0.05) is 39.3 Å². The number of nitrogens with one attached hydrogen (secondary N) is 1. The van der Waals surface area contributed by atoms with Crippen LogP contribution in [0.25, 0.3) is 0 Å². The molecule has 13 nitrogen and oxygen atoms in total. The summed E-state index contributed by atoms with van der Waals surface area (Å²) in [4.78, 5) is 48.0. The Hall–Kier alpha value is 1.71. The fraction of sp³-hybridized carbons (Fsp3) is 0.833. The van der Waals surface area contributed by atoms with Crippen LogP contribution >= 0.6 is 0 Å². The molecular weight excluding hydrogens is 614 g/mol. The Morgan fingerprint density at radius 2 is 1.10 bits per heavy atom. The van der Waals surface area contributed by atoms with Crippen LogP contribution in [0.15, 0.2) is 0 Å². The van der Waals surface area contributed by atoms with Crippen molar-refractivity contribution in [1.29, 1.82) is 0 Å². The third-order valence-corrected chi connectivity index (χ3v) is 7.09. The molecule has 222 valence electrons. The molecule has 0 radical (unpaired) electrons. The third kappa shape index (κ3) is 31.7. The molecule has 0 fully saturated rings. The predicted octanol–water partition coefficient (Wildman–Crippen LogP) is -14.5. The number of rotatable bonds is 25. The van der Waals surface area contributed by atoms with E-state index in [-0.39, 0.29) is 151 Å². The van der Waals surface area contributed by atoms with Crippen molar-refractivity contribution in [3.05, 3.63) is 0 Å². The van der Waals surface area contributed by atoms with Crippen LogP contribution in [0.1, 0.15) is 77.6 Å². The van der Waals surface area contributed by atoms with E-state index in [2.05, 4.69) is 12.2 Å². The van der Waals surface area contributed by atoms with Gasteiger partial charge in [-0.15, -0.1) is 0 Å². The minimum Gasteiger partial charge on any atom is -0.549 e. The summed E-state index contributed by atoms with van der Waals surface area (Å²) >= 11 is 0. The summed E-state index contributed by atoms with van der Waals surface area (Å²) in [5.74, 6) is -5.76. The van der Waals surface area contributed by atoms with Gasteiger partial charge in [0.25, 0.3) is 10.1 Å². The normalized spacial score (nSPS) is 11.3. The summed E-state index contributed by atoms with van der Waals surface area (Å²) in [7, 11) is -5.04. The second-order valence-corrected chi connectivity index (χ2v) is 11.0. The number of unbranched alkanes of at least 4 members (excludes halogenated alkanes) is 9. The molecule has 0 aliphatic carbocycles. The Labute approximate surface area is 339 Å². The second-order valence-electron chi connectivity index (χ2n) is 9.36. The van der Waals surface area contributed by atoms with E-state index in [4.69, 9.17) is 4.55 Å². The smallest absolute Gasteiger partial charge is 0.549 e. The summed E-state index contributed by atoms with van der Waals surface area (Å²) < 4.78 is 31.0. The van der Waals surface area contributed by atoms with Crippen LogP contribution in [0.2, 0.25) is 0 Å². The van der Waals surface area contributed by atoms with E-state index in [1.54, 1.807) is 4.90 Å². The van der Waals surface area contributed by atoms with E-state index in [9.17, 15) is 42.9 Å². The first kappa shape index (κ1) is 53.2. The van der Waals surface area contributed by atoms with Crippen molar-refractivity contribution in [2.75, 3.05) is 45.8 Å². The van der Waals surface area contributed by atoms with Gasteiger partial charge in [0.05, 0.1) is 24.3 Å². The first-order valence-electron chi connectivity index (χ1n) is 13.1. The quantitative estimate of drug-likeness (QED) is 0.0533.